The molecule has 0 spiro atoms. The lowest BCUT2D eigenvalue weighted by Crippen LogP contribution is -2.50. The summed E-state index contributed by atoms with van der Waals surface area (Å²) < 4.78 is 0. The molecule has 184 valence electrons. The number of benzene rings is 3. The van der Waals surface area contributed by atoms with E-state index in [2.05, 4.69) is 29.6 Å². The molecule has 0 radical (unpaired) electrons. The molecule has 4 rings (SSSR count). The van der Waals surface area contributed by atoms with E-state index in [1.807, 2.05) is 31.2 Å². The first kappa shape index (κ1) is 25.5. The van der Waals surface area contributed by atoms with E-state index in [1.54, 1.807) is 17.0 Å². The van der Waals surface area contributed by atoms with Crippen LogP contribution < -0.4 is 5.32 Å². The third-order valence-corrected chi connectivity index (χ3v) is 7.68. The Labute approximate surface area is 217 Å². The van der Waals surface area contributed by atoms with E-state index in [0.29, 0.717) is 29.4 Å². The molecule has 1 N–H and O–H groups in total. The fourth-order valence-corrected chi connectivity index (χ4v) is 5.20. The van der Waals surface area contributed by atoms with E-state index in [4.69, 9.17) is 23.2 Å². The highest BCUT2D eigenvalue weighted by atomic mass is 35.5. The SMILES string of the molecule is C[C@H](C(=O)NC1CCCCC1)N(Cc1ccc(Cl)c(Cl)c1)C(=O)CCc1cccc2ccccc12. The molecule has 2 amide bonds. The molecule has 1 atom stereocenters. The number of hydrogen-bond donors (Lipinski definition) is 1. The van der Waals surface area contributed by atoms with Crippen LogP contribution in [0.5, 0.6) is 0 Å². The molecule has 4 nitrogen and oxygen atoms in total. The Bertz CT molecular complexity index is 1190. The van der Waals surface area contributed by atoms with Crippen molar-refractivity contribution in [2.24, 2.45) is 0 Å². The molecule has 0 saturated heterocycles. The van der Waals surface area contributed by atoms with Crippen LogP contribution >= 0.6 is 23.2 Å². The summed E-state index contributed by atoms with van der Waals surface area (Å²) in [4.78, 5) is 28.4. The van der Waals surface area contributed by atoms with E-state index < -0.39 is 6.04 Å². The van der Waals surface area contributed by atoms with Gasteiger partial charge in [-0.15, -0.1) is 0 Å². The van der Waals surface area contributed by atoms with Crippen molar-refractivity contribution in [1.82, 2.24) is 10.2 Å². The fourth-order valence-electron chi connectivity index (χ4n) is 4.88. The molecule has 1 aliphatic rings. The maximum atomic E-state index is 13.5. The van der Waals surface area contributed by atoms with Gasteiger partial charge in [-0.3, -0.25) is 9.59 Å². The standard InChI is InChI=1S/C29H32Cl2N2O2/c1-20(29(35)32-24-11-3-2-4-12-24)33(19-21-14-16-26(30)27(31)18-21)28(34)17-15-23-10-7-9-22-8-5-6-13-25(22)23/h5-10,13-14,16,18,20,24H,2-4,11-12,15,17,19H2,1H3,(H,32,35)/t20-/m1/s1. The Kier molecular flexibility index (Phi) is 8.69. The molecule has 0 aliphatic heterocycles. The van der Waals surface area contributed by atoms with Crippen molar-refractivity contribution in [2.45, 2.75) is 70.5 Å². The highest BCUT2D eigenvalue weighted by Gasteiger charge is 2.28. The summed E-state index contributed by atoms with van der Waals surface area (Å²) in [6, 6.07) is 19.3. The summed E-state index contributed by atoms with van der Waals surface area (Å²) in [6.07, 6.45) is 6.41. The van der Waals surface area contributed by atoms with Crippen molar-refractivity contribution >= 4 is 45.8 Å². The van der Waals surface area contributed by atoms with E-state index in [1.165, 1.54) is 6.42 Å². The van der Waals surface area contributed by atoms with Gasteiger partial charge < -0.3 is 10.2 Å². The first-order valence-corrected chi connectivity index (χ1v) is 13.2. The number of carbonyl (C=O) groups is 2. The van der Waals surface area contributed by atoms with Crippen molar-refractivity contribution in [2.75, 3.05) is 0 Å². The van der Waals surface area contributed by atoms with Crippen LogP contribution in [0.2, 0.25) is 10.0 Å². The molecule has 0 aromatic heterocycles. The number of nitrogens with one attached hydrogen (secondary N) is 1. The van der Waals surface area contributed by atoms with Gasteiger partial charge in [-0.05, 0) is 60.2 Å². The predicted octanol–water partition coefficient (Wildman–Crippen LogP) is 6.95. The van der Waals surface area contributed by atoms with E-state index >= 15 is 0 Å². The summed E-state index contributed by atoms with van der Waals surface area (Å²) in [6.45, 7) is 2.11. The second-order valence-electron chi connectivity index (χ2n) is 9.43. The van der Waals surface area contributed by atoms with Crippen molar-refractivity contribution in [1.29, 1.82) is 0 Å². The zero-order valence-electron chi connectivity index (χ0n) is 20.1. The Hall–Kier alpha value is -2.56. The van der Waals surface area contributed by atoms with Gasteiger partial charge in [0.05, 0.1) is 10.0 Å². The van der Waals surface area contributed by atoms with E-state index in [0.717, 1.165) is 47.6 Å². The normalized spacial score (nSPS) is 15.1. The number of amides is 2. The first-order valence-electron chi connectivity index (χ1n) is 12.4. The summed E-state index contributed by atoms with van der Waals surface area (Å²) in [5.41, 5.74) is 1.97. The van der Waals surface area contributed by atoms with Gasteiger partial charge >= 0.3 is 0 Å². The van der Waals surface area contributed by atoms with Crippen LogP contribution in [0.3, 0.4) is 0 Å². The average molecular weight is 511 g/mol. The zero-order chi connectivity index (χ0) is 24.8. The van der Waals surface area contributed by atoms with Gasteiger partial charge in [-0.25, -0.2) is 0 Å². The monoisotopic (exact) mass is 510 g/mol. The minimum absolute atomic E-state index is 0.0599. The summed E-state index contributed by atoms with van der Waals surface area (Å²) in [5, 5.41) is 6.39. The highest BCUT2D eigenvalue weighted by Crippen LogP contribution is 2.25. The van der Waals surface area contributed by atoms with Crippen molar-refractivity contribution in [3.8, 4) is 0 Å². The second-order valence-corrected chi connectivity index (χ2v) is 10.2. The number of nitrogens with zero attached hydrogens (tertiary/aromatic N) is 1. The fraction of sp³-hybridized carbons (Fsp3) is 0.379. The van der Waals surface area contributed by atoms with Crippen LogP contribution in [-0.2, 0) is 22.6 Å². The number of carbonyl (C=O) groups excluding carboxylic acids is 2. The second kappa shape index (κ2) is 11.9. The molecule has 1 saturated carbocycles. The third-order valence-electron chi connectivity index (χ3n) is 6.94. The van der Waals surface area contributed by atoms with Crippen LogP contribution in [0.25, 0.3) is 10.8 Å². The molecule has 3 aromatic rings. The predicted molar refractivity (Wildman–Crippen MR) is 144 cm³/mol. The summed E-state index contributed by atoms with van der Waals surface area (Å²) >= 11 is 12.3. The molecule has 0 bridgehead atoms. The average Bonchev–Trinajstić information content (AvgIpc) is 2.88. The Morgan fingerprint density at radius 1 is 0.971 bits per heavy atom. The Morgan fingerprint density at radius 3 is 2.49 bits per heavy atom. The van der Waals surface area contributed by atoms with E-state index in [-0.39, 0.29) is 17.9 Å². The largest absolute Gasteiger partial charge is 0.352 e. The molecule has 1 aliphatic carbocycles. The van der Waals surface area contributed by atoms with Gasteiger partial charge in [0, 0.05) is 19.0 Å². The minimum atomic E-state index is -0.591. The molecular formula is C29H32Cl2N2O2. The lowest BCUT2D eigenvalue weighted by atomic mass is 9.95. The van der Waals surface area contributed by atoms with Crippen LogP contribution in [0.1, 0.15) is 56.6 Å². The number of halogens is 2. The van der Waals surface area contributed by atoms with Gasteiger partial charge in [0.2, 0.25) is 11.8 Å². The number of fused-ring (bicyclic) bond motifs is 1. The van der Waals surface area contributed by atoms with Crippen molar-refractivity contribution in [3.05, 3.63) is 81.8 Å². The molecule has 0 unspecified atom stereocenters. The van der Waals surface area contributed by atoms with Crippen molar-refractivity contribution < 1.29 is 9.59 Å². The van der Waals surface area contributed by atoms with Gasteiger partial charge in [-0.1, -0.05) is 91.0 Å². The molecular weight excluding hydrogens is 479 g/mol. The molecule has 0 heterocycles. The van der Waals surface area contributed by atoms with Gasteiger partial charge in [0.25, 0.3) is 0 Å². The summed E-state index contributed by atoms with van der Waals surface area (Å²) in [7, 11) is 0. The molecule has 6 heteroatoms. The molecule has 1 fully saturated rings. The first-order chi connectivity index (χ1) is 16.9. The number of rotatable bonds is 8. The maximum Gasteiger partial charge on any atom is 0.242 e. The minimum Gasteiger partial charge on any atom is -0.352 e. The zero-order valence-corrected chi connectivity index (χ0v) is 21.6. The van der Waals surface area contributed by atoms with Crippen molar-refractivity contribution in [3.63, 3.8) is 0 Å². The third kappa shape index (κ3) is 6.56. The van der Waals surface area contributed by atoms with Gasteiger partial charge in [0.15, 0.2) is 0 Å². The quantitative estimate of drug-likeness (QED) is 0.356. The summed E-state index contributed by atoms with van der Waals surface area (Å²) in [5.74, 6) is -0.161. The van der Waals surface area contributed by atoms with Crippen LogP contribution in [0, 0.1) is 0 Å². The molecule has 35 heavy (non-hydrogen) atoms. The highest BCUT2D eigenvalue weighted by molar-refractivity contribution is 6.42. The number of hydrogen-bond acceptors (Lipinski definition) is 2. The van der Waals surface area contributed by atoms with Gasteiger partial charge in [-0.2, -0.15) is 0 Å². The molecule has 3 aromatic carbocycles. The Balaban J connectivity index is 1.51. The number of aryl methyl sites for hydroxylation is 1. The topological polar surface area (TPSA) is 49.4 Å². The smallest absolute Gasteiger partial charge is 0.242 e. The van der Waals surface area contributed by atoms with Crippen LogP contribution in [0.15, 0.2) is 60.7 Å². The lowest BCUT2D eigenvalue weighted by Gasteiger charge is -2.31. The van der Waals surface area contributed by atoms with Crippen LogP contribution in [-0.4, -0.2) is 28.8 Å². The van der Waals surface area contributed by atoms with Crippen LogP contribution in [0.4, 0.5) is 0 Å². The van der Waals surface area contributed by atoms with Gasteiger partial charge in [0.1, 0.15) is 6.04 Å². The maximum absolute atomic E-state index is 13.5. The van der Waals surface area contributed by atoms with E-state index in [9.17, 15) is 9.59 Å². The Morgan fingerprint density at radius 2 is 1.71 bits per heavy atom. The lowest BCUT2D eigenvalue weighted by molar-refractivity contribution is -0.141.